The zero-order chi connectivity index (χ0) is 23.0. The SMILES string of the molecule is C[C@H](NC(=O)c1ccc2c(c1)N(S(=O)(=O)c1ccccc1)CCC(C)(C)S2)C(C)(C)C. The number of rotatable bonds is 4. The monoisotopic (exact) mass is 460 g/mol. The first-order chi connectivity index (χ1) is 14.3. The lowest BCUT2D eigenvalue weighted by Gasteiger charge is -2.28. The van der Waals surface area contributed by atoms with Crippen LogP contribution in [0.15, 0.2) is 58.3 Å². The number of nitrogens with zero attached hydrogens (tertiary/aromatic N) is 1. The largest absolute Gasteiger partial charge is 0.349 e. The summed E-state index contributed by atoms with van der Waals surface area (Å²) >= 11 is 1.65. The first kappa shape index (κ1) is 23.7. The van der Waals surface area contributed by atoms with Crippen molar-refractivity contribution in [2.75, 3.05) is 10.8 Å². The third kappa shape index (κ3) is 5.26. The summed E-state index contributed by atoms with van der Waals surface area (Å²) in [5, 5.41) is 3.05. The van der Waals surface area contributed by atoms with Crippen molar-refractivity contribution in [2.24, 2.45) is 5.41 Å². The molecular weight excluding hydrogens is 428 g/mol. The maximum absolute atomic E-state index is 13.5. The molecule has 0 radical (unpaired) electrons. The van der Waals surface area contributed by atoms with Crippen molar-refractivity contribution >= 4 is 33.4 Å². The van der Waals surface area contributed by atoms with Gasteiger partial charge in [0, 0.05) is 27.8 Å². The van der Waals surface area contributed by atoms with E-state index in [1.165, 1.54) is 4.31 Å². The molecule has 0 unspecified atom stereocenters. The van der Waals surface area contributed by atoms with Gasteiger partial charge in [0.15, 0.2) is 0 Å². The highest BCUT2D eigenvalue weighted by Crippen LogP contribution is 2.45. The fraction of sp³-hybridized carbons (Fsp3) is 0.458. The number of benzene rings is 2. The lowest BCUT2D eigenvalue weighted by molar-refractivity contribution is 0.0910. The zero-order valence-electron chi connectivity index (χ0n) is 19.1. The standard InChI is InChI=1S/C24H32N2O3S2/c1-17(23(2,3)4)25-22(27)18-12-13-21-20(16-18)26(15-14-24(5,6)30-21)31(28,29)19-10-8-7-9-11-19/h7-13,16-17H,14-15H2,1-6H3,(H,25,27)/t17-/m0/s1. The second-order valence-electron chi connectivity index (χ2n) is 9.75. The molecule has 2 aromatic rings. The summed E-state index contributed by atoms with van der Waals surface area (Å²) in [6.45, 7) is 12.8. The fourth-order valence-electron chi connectivity index (χ4n) is 3.25. The van der Waals surface area contributed by atoms with Gasteiger partial charge in [0.25, 0.3) is 15.9 Å². The Morgan fingerprint density at radius 3 is 2.39 bits per heavy atom. The molecule has 0 aromatic heterocycles. The summed E-state index contributed by atoms with van der Waals surface area (Å²) < 4.78 is 28.4. The molecule has 0 fully saturated rings. The molecule has 7 heteroatoms. The summed E-state index contributed by atoms with van der Waals surface area (Å²) in [6, 6.07) is 13.8. The van der Waals surface area contributed by atoms with Crippen molar-refractivity contribution < 1.29 is 13.2 Å². The van der Waals surface area contributed by atoms with Crippen molar-refractivity contribution in [1.82, 2.24) is 5.32 Å². The van der Waals surface area contributed by atoms with Gasteiger partial charge in [-0.3, -0.25) is 9.10 Å². The molecule has 1 aliphatic heterocycles. The third-order valence-electron chi connectivity index (χ3n) is 5.77. The van der Waals surface area contributed by atoms with Crippen LogP contribution in [0.3, 0.4) is 0 Å². The van der Waals surface area contributed by atoms with E-state index >= 15 is 0 Å². The fourth-order valence-corrected chi connectivity index (χ4v) is 6.00. The van der Waals surface area contributed by atoms with Crippen molar-refractivity contribution in [3.63, 3.8) is 0 Å². The van der Waals surface area contributed by atoms with Gasteiger partial charge in [-0.25, -0.2) is 8.42 Å². The smallest absolute Gasteiger partial charge is 0.264 e. The van der Waals surface area contributed by atoms with Crippen LogP contribution in [0.1, 0.15) is 58.3 Å². The number of hydrogen-bond acceptors (Lipinski definition) is 4. The molecule has 3 rings (SSSR count). The minimum atomic E-state index is -3.75. The van der Waals surface area contributed by atoms with Gasteiger partial charge in [0.05, 0.1) is 10.6 Å². The third-order valence-corrected chi connectivity index (χ3v) is 8.92. The number of thioether (sulfide) groups is 1. The molecule has 0 saturated carbocycles. The van der Waals surface area contributed by atoms with Gasteiger partial charge in [-0.1, -0.05) is 52.8 Å². The van der Waals surface area contributed by atoms with Crippen LogP contribution in [0.5, 0.6) is 0 Å². The van der Waals surface area contributed by atoms with Gasteiger partial charge >= 0.3 is 0 Å². The summed E-state index contributed by atoms with van der Waals surface area (Å²) in [5.74, 6) is -0.198. The molecule has 1 amide bonds. The molecule has 2 aromatic carbocycles. The van der Waals surface area contributed by atoms with E-state index in [1.807, 2.05) is 13.0 Å². The quantitative estimate of drug-likeness (QED) is 0.670. The maximum Gasteiger partial charge on any atom is 0.264 e. The molecule has 0 bridgehead atoms. The average Bonchev–Trinajstić information content (AvgIpc) is 2.82. The summed E-state index contributed by atoms with van der Waals surface area (Å²) in [7, 11) is -3.75. The van der Waals surface area contributed by atoms with Crippen LogP contribution >= 0.6 is 11.8 Å². The van der Waals surface area contributed by atoms with Crippen LogP contribution in [0.4, 0.5) is 5.69 Å². The van der Waals surface area contributed by atoms with E-state index < -0.39 is 10.0 Å². The molecule has 168 valence electrons. The second-order valence-corrected chi connectivity index (χ2v) is 13.4. The lowest BCUT2D eigenvalue weighted by atomic mass is 9.88. The van der Waals surface area contributed by atoms with Crippen molar-refractivity contribution in [1.29, 1.82) is 0 Å². The van der Waals surface area contributed by atoms with Gasteiger partial charge < -0.3 is 5.32 Å². The highest BCUT2D eigenvalue weighted by atomic mass is 32.2. The van der Waals surface area contributed by atoms with Crippen LogP contribution in [0.25, 0.3) is 0 Å². The number of carbonyl (C=O) groups excluding carboxylic acids is 1. The highest BCUT2D eigenvalue weighted by molar-refractivity contribution is 8.01. The van der Waals surface area contributed by atoms with Crippen LogP contribution in [-0.4, -0.2) is 31.7 Å². The minimum Gasteiger partial charge on any atom is -0.349 e. The first-order valence-corrected chi connectivity index (χ1v) is 12.8. The van der Waals surface area contributed by atoms with Crippen LogP contribution < -0.4 is 9.62 Å². The second kappa shape index (κ2) is 8.51. The van der Waals surface area contributed by atoms with Crippen LogP contribution in [0.2, 0.25) is 0 Å². The van der Waals surface area contributed by atoms with Gasteiger partial charge in [-0.15, -0.1) is 11.8 Å². The van der Waals surface area contributed by atoms with Gasteiger partial charge in [0.1, 0.15) is 0 Å². The molecular formula is C24H32N2O3S2. The Morgan fingerprint density at radius 1 is 1.13 bits per heavy atom. The molecule has 5 nitrogen and oxygen atoms in total. The number of nitrogens with one attached hydrogen (secondary N) is 1. The zero-order valence-corrected chi connectivity index (χ0v) is 20.7. The van der Waals surface area contributed by atoms with Gasteiger partial charge in [-0.05, 0) is 49.1 Å². The maximum atomic E-state index is 13.5. The Morgan fingerprint density at radius 2 is 1.77 bits per heavy atom. The van der Waals surface area contributed by atoms with Crippen LogP contribution in [0, 0.1) is 5.41 Å². The predicted octanol–water partition coefficient (Wildman–Crippen LogP) is 5.32. The molecule has 1 heterocycles. The first-order valence-electron chi connectivity index (χ1n) is 10.5. The number of fused-ring (bicyclic) bond motifs is 1. The van der Waals surface area contributed by atoms with E-state index in [2.05, 4.69) is 39.9 Å². The van der Waals surface area contributed by atoms with Crippen molar-refractivity contribution in [2.45, 2.75) is 68.5 Å². The molecule has 1 atom stereocenters. The van der Waals surface area contributed by atoms with E-state index in [1.54, 1.807) is 54.2 Å². The Labute approximate surface area is 190 Å². The molecule has 0 saturated heterocycles. The minimum absolute atomic E-state index is 0.0312. The predicted molar refractivity (Wildman–Crippen MR) is 128 cm³/mol. The topological polar surface area (TPSA) is 66.5 Å². The Kier molecular flexibility index (Phi) is 6.50. The van der Waals surface area contributed by atoms with E-state index in [9.17, 15) is 13.2 Å². The van der Waals surface area contributed by atoms with E-state index in [-0.39, 0.29) is 27.0 Å². The van der Waals surface area contributed by atoms with Gasteiger partial charge in [-0.2, -0.15) is 0 Å². The number of anilines is 1. The highest BCUT2D eigenvalue weighted by Gasteiger charge is 2.34. The molecule has 1 N–H and O–H groups in total. The van der Waals surface area contributed by atoms with Gasteiger partial charge in [0.2, 0.25) is 0 Å². The Balaban J connectivity index is 2.06. The Bertz CT molecular complexity index is 1060. The lowest BCUT2D eigenvalue weighted by Crippen LogP contribution is -2.41. The molecule has 31 heavy (non-hydrogen) atoms. The summed E-state index contributed by atoms with van der Waals surface area (Å²) in [4.78, 5) is 14.1. The van der Waals surface area contributed by atoms with Crippen LogP contribution in [-0.2, 0) is 10.0 Å². The molecule has 0 spiro atoms. The van der Waals surface area contributed by atoms with E-state index in [4.69, 9.17) is 0 Å². The summed E-state index contributed by atoms with van der Waals surface area (Å²) in [5.41, 5.74) is 0.947. The number of amides is 1. The van der Waals surface area contributed by atoms with E-state index in [0.717, 1.165) is 4.90 Å². The molecule has 0 aliphatic carbocycles. The summed E-state index contributed by atoms with van der Waals surface area (Å²) in [6.07, 6.45) is 0.695. The van der Waals surface area contributed by atoms with Crippen molar-refractivity contribution in [3.05, 3.63) is 54.1 Å². The number of carbonyl (C=O) groups is 1. The van der Waals surface area contributed by atoms with E-state index in [0.29, 0.717) is 24.2 Å². The van der Waals surface area contributed by atoms with Crippen molar-refractivity contribution in [3.8, 4) is 0 Å². The average molecular weight is 461 g/mol. The normalized spacial score (nSPS) is 17.4. The number of sulfonamides is 1. The molecule has 1 aliphatic rings. The Hall–Kier alpha value is -1.99. The number of hydrogen-bond donors (Lipinski definition) is 1.